The molecular weight excluding hydrogens is 440 g/mol. The molecule has 0 aromatic heterocycles. The molecule has 2 aliphatic rings. The molecule has 2 aliphatic heterocycles. The standard InChI is InChI=1S/C24H26N4O4S/c1-5-8-20-23(30)28-21(26-20)18-9-6-7-10-19(18)27-24(28)33-14(2)22(29)25-15-11-16(31-3)13-17(12-15)32-4/h6-7,9-14,20H,5,8H2,1-4H3,(H,25,29)/t14-,20+/m1/s1. The Morgan fingerprint density at radius 2 is 1.88 bits per heavy atom. The zero-order valence-electron chi connectivity index (χ0n) is 19.0. The van der Waals surface area contributed by atoms with Gasteiger partial charge in [0, 0.05) is 29.4 Å². The summed E-state index contributed by atoms with van der Waals surface area (Å²) in [5.74, 6) is 1.42. The number of amides is 2. The maximum atomic E-state index is 13.1. The van der Waals surface area contributed by atoms with Gasteiger partial charge in [0.1, 0.15) is 23.4 Å². The molecule has 1 N–H and O–H groups in total. The van der Waals surface area contributed by atoms with Crippen LogP contribution in [0.5, 0.6) is 11.5 Å². The summed E-state index contributed by atoms with van der Waals surface area (Å²) in [5, 5.41) is 2.83. The lowest BCUT2D eigenvalue weighted by atomic mass is 10.1. The Bertz CT molecular complexity index is 1120. The number of aliphatic imine (C=N–C) groups is 2. The third kappa shape index (κ3) is 4.59. The van der Waals surface area contributed by atoms with Crippen molar-refractivity contribution in [2.75, 3.05) is 19.5 Å². The van der Waals surface area contributed by atoms with E-state index in [1.54, 1.807) is 44.2 Å². The molecular formula is C24H26N4O4S. The second-order valence-corrected chi connectivity index (χ2v) is 9.00. The first-order chi connectivity index (χ1) is 15.9. The second kappa shape index (κ2) is 9.66. The van der Waals surface area contributed by atoms with E-state index in [-0.39, 0.29) is 11.8 Å². The molecule has 2 atom stereocenters. The van der Waals surface area contributed by atoms with Gasteiger partial charge in [-0.1, -0.05) is 37.2 Å². The molecule has 0 fully saturated rings. The van der Waals surface area contributed by atoms with Gasteiger partial charge in [0.15, 0.2) is 5.17 Å². The maximum Gasteiger partial charge on any atom is 0.259 e. The number of hydrogen-bond acceptors (Lipinski definition) is 7. The lowest BCUT2D eigenvalue weighted by Gasteiger charge is -2.27. The summed E-state index contributed by atoms with van der Waals surface area (Å²) in [5.41, 5.74) is 2.13. The number of benzene rings is 2. The van der Waals surface area contributed by atoms with E-state index in [1.165, 1.54) is 11.8 Å². The average molecular weight is 467 g/mol. The Hall–Kier alpha value is -3.33. The van der Waals surface area contributed by atoms with Crippen molar-refractivity contribution < 1.29 is 19.1 Å². The average Bonchev–Trinajstić information content (AvgIpc) is 3.15. The molecule has 172 valence electrons. The first-order valence-electron chi connectivity index (χ1n) is 10.8. The molecule has 8 nitrogen and oxygen atoms in total. The minimum atomic E-state index is -0.523. The summed E-state index contributed by atoms with van der Waals surface area (Å²) in [6.45, 7) is 3.81. The van der Waals surface area contributed by atoms with Crippen molar-refractivity contribution in [1.29, 1.82) is 0 Å². The molecule has 0 aliphatic carbocycles. The van der Waals surface area contributed by atoms with Crippen LogP contribution < -0.4 is 14.8 Å². The summed E-state index contributed by atoms with van der Waals surface area (Å²) >= 11 is 1.23. The number of nitrogens with one attached hydrogen (secondary N) is 1. The maximum absolute atomic E-state index is 13.1. The summed E-state index contributed by atoms with van der Waals surface area (Å²) in [4.78, 5) is 37.1. The van der Waals surface area contributed by atoms with Gasteiger partial charge in [0.2, 0.25) is 5.91 Å². The zero-order chi connectivity index (χ0) is 23.5. The molecule has 2 aromatic carbocycles. The number of anilines is 1. The molecule has 0 radical (unpaired) electrons. The van der Waals surface area contributed by atoms with E-state index >= 15 is 0 Å². The Morgan fingerprint density at radius 1 is 1.18 bits per heavy atom. The van der Waals surface area contributed by atoms with Gasteiger partial charge in [-0.2, -0.15) is 0 Å². The van der Waals surface area contributed by atoms with Gasteiger partial charge in [0.05, 0.1) is 25.2 Å². The topological polar surface area (TPSA) is 92.6 Å². The van der Waals surface area contributed by atoms with E-state index in [2.05, 4.69) is 5.32 Å². The molecule has 33 heavy (non-hydrogen) atoms. The highest BCUT2D eigenvalue weighted by molar-refractivity contribution is 8.15. The SMILES string of the molecule is CCC[C@@H]1N=C2c3ccccc3N=C(S[C@H](C)C(=O)Nc3cc(OC)cc(OC)c3)N2C1=O. The Labute approximate surface area is 197 Å². The highest BCUT2D eigenvalue weighted by atomic mass is 32.2. The van der Waals surface area contributed by atoms with E-state index in [1.807, 2.05) is 31.2 Å². The molecule has 4 rings (SSSR count). The monoisotopic (exact) mass is 466 g/mol. The molecule has 2 aromatic rings. The van der Waals surface area contributed by atoms with Crippen molar-refractivity contribution in [3.05, 3.63) is 48.0 Å². The van der Waals surface area contributed by atoms with E-state index in [0.29, 0.717) is 34.6 Å². The Morgan fingerprint density at radius 3 is 2.55 bits per heavy atom. The molecule has 0 saturated carbocycles. The lowest BCUT2D eigenvalue weighted by Crippen LogP contribution is -2.42. The lowest BCUT2D eigenvalue weighted by molar-refractivity contribution is -0.124. The molecule has 0 bridgehead atoms. The molecule has 9 heteroatoms. The number of carbonyl (C=O) groups excluding carboxylic acids is 2. The minimum absolute atomic E-state index is 0.0993. The number of carbonyl (C=O) groups is 2. The fourth-order valence-electron chi connectivity index (χ4n) is 3.68. The molecule has 0 unspecified atom stereocenters. The van der Waals surface area contributed by atoms with Crippen molar-refractivity contribution in [1.82, 2.24) is 4.90 Å². The van der Waals surface area contributed by atoms with Gasteiger partial charge in [-0.25, -0.2) is 9.89 Å². The van der Waals surface area contributed by atoms with E-state index in [0.717, 1.165) is 17.7 Å². The van der Waals surface area contributed by atoms with Crippen LogP contribution in [0.4, 0.5) is 11.4 Å². The first kappa shape index (κ1) is 22.8. The van der Waals surface area contributed by atoms with Crippen LogP contribution >= 0.6 is 11.8 Å². The molecule has 0 saturated heterocycles. The van der Waals surface area contributed by atoms with Crippen LogP contribution in [0.15, 0.2) is 52.4 Å². The minimum Gasteiger partial charge on any atom is -0.497 e. The highest BCUT2D eigenvalue weighted by Gasteiger charge is 2.41. The van der Waals surface area contributed by atoms with Gasteiger partial charge in [0.25, 0.3) is 5.91 Å². The summed E-state index contributed by atoms with van der Waals surface area (Å²) in [6, 6.07) is 12.4. The number of nitrogens with zero attached hydrogens (tertiary/aromatic N) is 3. The second-order valence-electron chi connectivity index (χ2n) is 7.69. The van der Waals surface area contributed by atoms with Crippen LogP contribution in [0.25, 0.3) is 0 Å². The van der Waals surface area contributed by atoms with Crippen LogP contribution in [-0.4, -0.2) is 53.2 Å². The van der Waals surface area contributed by atoms with E-state index in [9.17, 15) is 9.59 Å². The predicted molar refractivity (Wildman–Crippen MR) is 131 cm³/mol. The fourth-order valence-corrected chi connectivity index (χ4v) is 4.59. The van der Waals surface area contributed by atoms with Gasteiger partial charge >= 0.3 is 0 Å². The summed E-state index contributed by atoms with van der Waals surface area (Å²) < 4.78 is 10.5. The smallest absolute Gasteiger partial charge is 0.259 e. The van der Waals surface area contributed by atoms with Crippen molar-refractivity contribution in [2.24, 2.45) is 9.98 Å². The van der Waals surface area contributed by atoms with E-state index < -0.39 is 11.3 Å². The van der Waals surface area contributed by atoms with Gasteiger partial charge < -0.3 is 14.8 Å². The van der Waals surface area contributed by atoms with Crippen LogP contribution in [0.2, 0.25) is 0 Å². The van der Waals surface area contributed by atoms with Crippen molar-refractivity contribution in [3.8, 4) is 11.5 Å². The van der Waals surface area contributed by atoms with Crippen LogP contribution in [0, 0.1) is 0 Å². The van der Waals surface area contributed by atoms with Crippen LogP contribution in [0.1, 0.15) is 32.3 Å². The normalized spacial score (nSPS) is 17.5. The van der Waals surface area contributed by atoms with Crippen LogP contribution in [-0.2, 0) is 9.59 Å². The molecule has 2 heterocycles. The fraction of sp³-hybridized carbons (Fsp3) is 0.333. The van der Waals surface area contributed by atoms with Crippen molar-refractivity contribution in [2.45, 2.75) is 38.0 Å². The third-order valence-electron chi connectivity index (χ3n) is 5.38. The molecule has 0 spiro atoms. The predicted octanol–water partition coefficient (Wildman–Crippen LogP) is 4.22. The number of fused-ring (bicyclic) bond motifs is 3. The quantitative estimate of drug-likeness (QED) is 0.660. The summed E-state index contributed by atoms with van der Waals surface area (Å²) in [7, 11) is 3.10. The first-order valence-corrected chi connectivity index (χ1v) is 11.6. The van der Waals surface area contributed by atoms with Crippen LogP contribution in [0.3, 0.4) is 0 Å². The number of amidine groups is 2. The van der Waals surface area contributed by atoms with Gasteiger partial charge in [-0.05, 0) is 25.5 Å². The number of para-hydroxylation sites is 1. The molecule has 2 amide bonds. The number of hydrogen-bond donors (Lipinski definition) is 1. The Kier molecular flexibility index (Phi) is 6.69. The Balaban J connectivity index is 1.57. The van der Waals surface area contributed by atoms with Gasteiger partial charge in [-0.3, -0.25) is 14.6 Å². The number of rotatable bonds is 7. The zero-order valence-corrected chi connectivity index (χ0v) is 19.8. The largest absolute Gasteiger partial charge is 0.497 e. The number of ether oxygens (including phenoxy) is 2. The number of methoxy groups -OCH3 is 2. The van der Waals surface area contributed by atoms with Crippen molar-refractivity contribution in [3.63, 3.8) is 0 Å². The highest BCUT2D eigenvalue weighted by Crippen LogP contribution is 2.35. The third-order valence-corrected chi connectivity index (χ3v) is 6.43. The van der Waals surface area contributed by atoms with Crippen molar-refractivity contribution >= 4 is 46.0 Å². The van der Waals surface area contributed by atoms with Gasteiger partial charge in [-0.15, -0.1) is 0 Å². The number of thioether (sulfide) groups is 1. The summed E-state index contributed by atoms with van der Waals surface area (Å²) in [6.07, 6.45) is 1.53. The van der Waals surface area contributed by atoms with E-state index in [4.69, 9.17) is 19.5 Å².